The van der Waals surface area contributed by atoms with E-state index in [0.29, 0.717) is 5.56 Å². The van der Waals surface area contributed by atoms with Gasteiger partial charge in [0.1, 0.15) is 6.61 Å². The summed E-state index contributed by atoms with van der Waals surface area (Å²) in [7, 11) is 0. The molecular weight excluding hydrogens is 297 g/mol. The molecule has 1 heterocycles. The monoisotopic (exact) mass is 309 g/mol. The number of rotatable bonds is 2. The molecule has 1 saturated heterocycles. The maximum atomic E-state index is 13.5. The van der Waals surface area contributed by atoms with Gasteiger partial charge in [0.15, 0.2) is 0 Å². The lowest BCUT2D eigenvalue weighted by atomic mass is 10.0. The number of ether oxygens (including phenoxy) is 1. The van der Waals surface area contributed by atoms with E-state index >= 15 is 0 Å². The molecule has 0 saturated carbocycles. The van der Waals surface area contributed by atoms with Gasteiger partial charge in [-0.05, 0) is 5.56 Å². The first-order valence-electron chi connectivity index (χ1n) is 6.13. The van der Waals surface area contributed by atoms with Gasteiger partial charge in [-0.2, -0.15) is 22.0 Å². The Balaban J connectivity index is 2.27. The van der Waals surface area contributed by atoms with Crippen LogP contribution in [0.2, 0.25) is 0 Å². The van der Waals surface area contributed by atoms with Crippen LogP contribution in [-0.4, -0.2) is 30.7 Å². The molecule has 0 aromatic heterocycles. The maximum Gasteiger partial charge on any atom is 0.454 e. The van der Waals surface area contributed by atoms with Crippen molar-refractivity contribution in [2.24, 2.45) is 0 Å². The zero-order valence-corrected chi connectivity index (χ0v) is 10.7. The molecule has 0 unspecified atom stereocenters. The minimum atomic E-state index is -5.74. The lowest BCUT2D eigenvalue weighted by Crippen LogP contribution is -2.54. The molecular formula is C13H12F5NO2. The molecule has 0 aliphatic carbocycles. The van der Waals surface area contributed by atoms with E-state index in [1.807, 2.05) is 0 Å². The van der Waals surface area contributed by atoms with Crippen LogP contribution in [0.5, 0.6) is 0 Å². The first-order valence-corrected chi connectivity index (χ1v) is 6.13. The number of halogens is 5. The molecule has 0 bridgehead atoms. The topological polar surface area (TPSA) is 38.3 Å². The van der Waals surface area contributed by atoms with Crippen LogP contribution in [0.4, 0.5) is 22.0 Å². The Labute approximate surface area is 117 Å². The van der Waals surface area contributed by atoms with Gasteiger partial charge < -0.3 is 4.74 Å². The van der Waals surface area contributed by atoms with Gasteiger partial charge in [-0.25, -0.2) is 0 Å². The quantitative estimate of drug-likeness (QED) is 0.674. The summed E-state index contributed by atoms with van der Waals surface area (Å²) < 4.78 is 69.0. The van der Waals surface area contributed by atoms with Gasteiger partial charge in [0.2, 0.25) is 0 Å². The minimum absolute atomic E-state index is 0.298. The first-order chi connectivity index (χ1) is 9.72. The summed E-state index contributed by atoms with van der Waals surface area (Å²) in [5.74, 6) is -6.11. The van der Waals surface area contributed by atoms with Crippen molar-refractivity contribution in [2.75, 3.05) is 6.61 Å². The van der Waals surface area contributed by atoms with Crippen molar-refractivity contribution < 1.29 is 31.5 Å². The predicted octanol–water partition coefficient (Wildman–Crippen LogP) is 2.83. The smallest absolute Gasteiger partial charge is 0.454 e. The second-order valence-corrected chi connectivity index (χ2v) is 4.69. The van der Waals surface area contributed by atoms with Crippen molar-refractivity contribution in [3.63, 3.8) is 0 Å². The number of hydrogen-bond acceptors (Lipinski definition) is 3. The molecule has 1 aromatic rings. The molecule has 116 valence electrons. The third-order valence-corrected chi connectivity index (χ3v) is 3.20. The number of carbonyl (C=O) groups excluding carboxylic acids is 1. The molecule has 8 heteroatoms. The Hall–Kier alpha value is -1.70. The fraction of sp³-hybridized carbons (Fsp3) is 0.462. The number of cyclic esters (lactones) is 1. The molecule has 0 radical (unpaired) electrons. The molecule has 1 aliphatic rings. The van der Waals surface area contributed by atoms with Crippen LogP contribution in [0.3, 0.4) is 0 Å². The van der Waals surface area contributed by atoms with Crippen LogP contribution in [0, 0.1) is 0 Å². The molecule has 1 aliphatic heterocycles. The van der Waals surface area contributed by atoms with Crippen molar-refractivity contribution in [1.82, 2.24) is 5.32 Å². The highest BCUT2D eigenvalue weighted by Gasteiger charge is 2.63. The highest BCUT2D eigenvalue weighted by molar-refractivity contribution is 5.70. The summed E-state index contributed by atoms with van der Waals surface area (Å²) in [6.45, 7) is -0.298. The highest BCUT2D eigenvalue weighted by atomic mass is 19.4. The van der Waals surface area contributed by atoms with Gasteiger partial charge in [-0.15, -0.1) is 0 Å². The van der Waals surface area contributed by atoms with Crippen LogP contribution in [0.25, 0.3) is 0 Å². The van der Waals surface area contributed by atoms with E-state index in [2.05, 4.69) is 5.32 Å². The van der Waals surface area contributed by atoms with Gasteiger partial charge in [-0.1, -0.05) is 30.3 Å². The highest BCUT2D eigenvalue weighted by Crippen LogP contribution is 2.40. The molecule has 0 spiro atoms. The van der Waals surface area contributed by atoms with Crippen molar-refractivity contribution in [3.8, 4) is 0 Å². The Kier molecular flexibility index (Phi) is 4.18. The molecule has 2 atom stereocenters. The second kappa shape index (κ2) is 5.59. The number of esters is 1. The van der Waals surface area contributed by atoms with Crippen molar-refractivity contribution >= 4 is 5.97 Å². The fourth-order valence-electron chi connectivity index (χ4n) is 2.06. The summed E-state index contributed by atoms with van der Waals surface area (Å²) in [6, 6.07) is 4.72. The fourth-order valence-corrected chi connectivity index (χ4v) is 2.06. The number of benzene rings is 1. The van der Waals surface area contributed by atoms with Gasteiger partial charge in [-0.3, -0.25) is 10.1 Å². The van der Waals surface area contributed by atoms with E-state index < -0.39 is 36.6 Å². The maximum absolute atomic E-state index is 13.5. The number of alkyl halides is 5. The molecule has 3 nitrogen and oxygen atoms in total. The van der Waals surface area contributed by atoms with E-state index in [-0.39, 0.29) is 6.61 Å². The SMILES string of the molecule is O=C1C[C@@H](C(F)(F)C(F)(F)F)N[C@@H](c2ccccc2)CO1. The lowest BCUT2D eigenvalue weighted by Gasteiger charge is -2.29. The summed E-state index contributed by atoms with van der Waals surface area (Å²) in [6.07, 6.45) is -6.79. The third kappa shape index (κ3) is 3.31. The zero-order chi connectivity index (χ0) is 15.7. The first kappa shape index (κ1) is 15.7. The largest absolute Gasteiger partial charge is 0.464 e. The normalized spacial score (nSPS) is 24.3. The van der Waals surface area contributed by atoms with E-state index in [4.69, 9.17) is 4.74 Å². The molecule has 1 fully saturated rings. The van der Waals surface area contributed by atoms with E-state index in [0.717, 1.165) is 0 Å². The summed E-state index contributed by atoms with van der Waals surface area (Å²) in [5.41, 5.74) is 0.468. The molecule has 21 heavy (non-hydrogen) atoms. The average Bonchev–Trinajstić information content (AvgIpc) is 2.61. The van der Waals surface area contributed by atoms with Crippen LogP contribution in [0.1, 0.15) is 18.0 Å². The molecule has 2 rings (SSSR count). The van der Waals surface area contributed by atoms with Crippen LogP contribution in [-0.2, 0) is 9.53 Å². The minimum Gasteiger partial charge on any atom is -0.464 e. The van der Waals surface area contributed by atoms with Crippen molar-refractivity contribution in [3.05, 3.63) is 35.9 Å². The second-order valence-electron chi connectivity index (χ2n) is 4.69. The Bertz CT molecular complexity index is 503. The lowest BCUT2D eigenvalue weighted by molar-refractivity contribution is -0.293. The van der Waals surface area contributed by atoms with Crippen molar-refractivity contribution in [1.29, 1.82) is 0 Å². The molecule has 1 aromatic carbocycles. The number of carbonyl (C=O) groups is 1. The number of nitrogens with one attached hydrogen (secondary N) is 1. The summed E-state index contributed by atoms with van der Waals surface area (Å²) in [5, 5.41) is 2.19. The van der Waals surface area contributed by atoms with E-state index in [1.54, 1.807) is 30.3 Å². The number of hydrogen-bond donors (Lipinski definition) is 1. The predicted molar refractivity (Wildman–Crippen MR) is 62.7 cm³/mol. The molecule has 0 amide bonds. The van der Waals surface area contributed by atoms with Crippen molar-refractivity contribution in [2.45, 2.75) is 30.6 Å². The molecule has 1 N–H and O–H groups in total. The third-order valence-electron chi connectivity index (χ3n) is 3.20. The summed E-state index contributed by atoms with van der Waals surface area (Å²) in [4.78, 5) is 11.3. The summed E-state index contributed by atoms with van der Waals surface area (Å²) >= 11 is 0. The van der Waals surface area contributed by atoms with Crippen LogP contribution in [0.15, 0.2) is 30.3 Å². The van der Waals surface area contributed by atoms with Gasteiger partial charge >= 0.3 is 18.1 Å². The Morgan fingerprint density at radius 2 is 1.71 bits per heavy atom. The van der Waals surface area contributed by atoms with Crippen LogP contribution >= 0.6 is 0 Å². The van der Waals surface area contributed by atoms with E-state index in [1.165, 1.54) is 0 Å². The Morgan fingerprint density at radius 3 is 2.29 bits per heavy atom. The zero-order valence-electron chi connectivity index (χ0n) is 10.7. The van der Waals surface area contributed by atoms with Gasteiger partial charge in [0, 0.05) is 0 Å². The van der Waals surface area contributed by atoms with E-state index in [9.17, 15) is 26.7 Å². The van der Waals surface area contributed by atoms with Crippen LogP contribution < -0.4 is 5.32 Å². The standard InChI is InChI=1S/C13H12F5NO2/c14-12(15,13(16,17)18)10-6-11(20)21-7-9(19-10)8-4-2-1-3-5-8/h1-5,9-10,19H,6-7H2/t9-,10+/m1/s1. The van der Waals surface area contributed by atoms with Gasteiger partial charge in [0.05, 0.1) is 18.5 Å². The average molecular weight is 309 g/mol. The Morgan fingerprint density at radius 1 is 1.10 bits per heavy atom. The van der Waals surface area contributed by atoms with Gasteiger partial charge in [0.25, 0.3) is 0 Å².